The fourth-order valence-corrected chi connectivity index (χ4v) is 4.00. The minimum absolute atomic E-state index is 0. The molecule has 1 aliphatic carbocycles. The number of aryl methyl sites for hydroxylation is 1. The molecule has 0 aliphatic heterocycles. The van der Waals surface area contributed by atoms with E-state index in [0.717, 1.165) is 24.8 Å². The minimum Gasteiger partial charge on any atom is -0.334 e. The molecule has 3 N–H and O–H groups in total. The summed E-state index contributed by atoms with van der Waals surface area (Å²) in [5.41, 5.74) is 7.93. The van der Waals surface area contributed by atoms with E-state index in [1.807, 2.05) is 19.1 Å². The number of nitrogens with one attached hydrogen (secondary N) is 1. The normalized spacial score (nSPS) is 15.4. The molecule has 1 aliphatic rings. The minimum atomic E-state index is -3.67. The molecule has 7 nitrogen and oxygen atoms in total. The van der Waals surface area contributed by atoms with Gasteiger partial charge in [-0.1, -0.05) is 22.9 Å². The van der Waals surface area contributed by atoms with Crippen molar-refractivity contribution in [1.82, 2.24) is 10.1 Å². The topological polar surface area (TPSA) is 111 Å². The summed E-state index contributed by atoms with van der Waals surface area (Å²) in [6, 6.07) is 13.5. The molecule has 1 saturated carbocycles. The van der Waals surface area contributed by atoms with Crippen LogP contribution in [0.4, 0.5) is 5.69 Å². The molecule has 0 amide bonds. The van der Waals surface area contributed by atoms with Gasteiger partial charge in [-0.05, 0) is 62.6 Å². The third-order valence-corrected chi connectivity index (χ3v) is 6.23. The number of benzene rings is 2. The predicted octanol–water partition coefficient (Wildman–Crippen LogP) is 3.61. The molecule has 0 atom stereocenters. The lowest BCUT2D eigenvalue weighted by atomic mass is 9.77. The van der Waals surface area contributed by atoms with Crippen LogP contribution in [0.2, 0.25) is 0 Å². The molecule has 0 radical (unpaired) electrons. The van der Waals surface area contributed by atoms with Crippen molar-refractivity contribution in [3.63, 3.8) is 0 Å². The van der Waals surface area contributed by atoms with Crippen LogP contribution in [-0.2, 0) is 15.6 Å². The van der Waals surface area contributed by atoms with E-state index in [9.17, 15) is 8.42 Å². The van der Waals surface area contributed by atoms with Crippen molar-refractivity contribution in [1.29, 1.82) is 0 Å². The lowest BCUT2D eigenvalue weighted by Gasteiger charge is -2.34. The fraction of sp³-hybridized carbons (Fsp3) is 0.263. The number of halogens is 1. The van der Waals surface area contributed by atoms with Crippen molar-refractivity contribution in [3.8, 4) is 11.5 Å². The first-order valence-corrected chi connectivity index (χ1v) is 10.2. The van der Waals surface area contributed by atoms with E-state index in [4.69, 9.17) is 10.3 Å². The second kappa shape index (κ2) is 7.54. The number of hydrogen-bond acceptors (Lipinski definition) is 6. The average Bonchev–Trinajstić information content (AvgIpc) is 3.12. The van der Waals surface area contributed by atoms with Crippen LogP contribution in [0.15, 0.2) is 57.9 Å². The highest BCUT2D eigenvalue weighted by molar-refractivity contribution is 7.92. The molecular weight excluding hydrogens is 400 g/mol. The van der Waals surface area contributed by atoms with Crippen molar-refractivity contribution in [2.75, 3.05) is 4.72 Å². The summed E-state index contributed by atoms with van der Waals surface area (Å²) >= 11 is 0. The Bertz CT molecular complexity index is 1060. The molecule has 0 bridgehead atoms. The van der Waals surface area contributed by atoms with Crippen molar-refractivity contribution in [3.05, 3.63) is 59.9 Å². The quantitative estimate of drug-likeness (QED) is 0.652. The first kappa shape index (κ1) is 20.3. The smallest absolute Gasteiger partial charge is 0.261 e. The number of rotatable bonds is 5. The van der Waals surface area contributed by atoms with Gasteiger partial charge in [0.05, 0.1) is 10.4 Å². The van der Waals surface area contributed by atoms with Crippen LogP contribution in [0.3, 0.4) is 0 Å². The number of anilines is 1. The Kier molecular flexibility index (Phi) is 5.47. The molecule has 1 aromatic heterocycles. The zero-order valence-electron chi connectivity index (χ0n) is 15.3. The van der Waals surface area contributed by atoms with Crippen LogP contribution in [0.25, 0.3) is 11.5 Å². The second-order valence-electron chi connectivity index (χ2n) is 6.93. The third kappa shape index (κ3) is 3.89. The van der Waals surface area contributed by atoms with Crippen LogP contribution in [0.5, 0.6) is 0 Å². The highest BCUT2D eigenvalue weighted by Gasteiger charge is 2.39. The first-order valence-electron chi connectivity index (χ1n) is 8.69. The van der Waals surface area contributed by atoms with E-state index in [-0.39, 0.29) is 17.3 Å². The van der Waals surface area contributed by atoms with Crippen molar-refractivity contribution >= 4 is 28.1 Å². The molecule has 1 heterocycles. The first-order chi connectivity index (χ1) is 12.9. The van der Waals surface area contributed by atoms with Crippen molar-refractivity contribution in [2.24, 2.45) is 5.73 Å². The lowest BCUT2D eigenvalue weighted by molar-refractivity contribution is 0.229. The largest absolute Gasteiger partial charge is 0.334 e. The molecular formula is C19H21ClN4O3S. The highest BCUT2D eigenvalue weighted by atomic mass is 35.5. The van der Waals surface area contributed by atoms with Gasteiger partial charge in [-0.2, -0.15) is 4.98 Å². The maximum atomic E-state index is 12.5. The van der Waals surface area contributed by atoms with Gasteiger partial charge in [0.15, 0.2) is 5.82 Å². The van der Waals surface area contributed by atoms with E-state index < -0.39 is 15.6 Å². The zero-order chi connectivity index (χ0) is 19.1. The summed E-state index contributed by atoms with van der Waals surface area (Å²) in [6.07, 6.45) is 2.74. The summed E-state index contributed by atoms with van der Waals surface area (Å²) < 4.78 is 32.9. The van der Waals surface area contributed by atoms with Gasteiger partial charge in [-0.3, -0.25) is 4.72 Å². The summed E-state index contributed by atoms with van der Waals surface area (Å²) in [5, 5.41) is 3.98. The SMILES string of the molecule is Cc1ccc(NS(=O)(=O)c2ccc(-c3nc(C4(N)CCC4)no3)cc2)cc1.Cl. The Labute approximate surface area is 169 Å². The maximum absolute atomic E-state index is 12.5. The number of aromatic nitrogens is 2. The standard InChI is InChI=1S/C19H20N4O3S.ClH/c1-13-3-7-15(8-4-13)23-27(24,25)16-9-5-14(6-10-16)17-21-18(22-26-17)19(20)11-2-12-19;/h3-10,23H,2,11-12,20H2,1H3;1H. The lowest BCUT2D eigenvalue weighted by Crippen LogP contribution is -2.44. The predicted molar refractivity (Wildman–Crippen MR) is 109 cm³/mol. The summed E-state index contributed by atoms with van der Waals surface area (Å²) in [7, 11) is -3.67. The Morgan fingerprint density at radius 3 is 2.29 bits per heavy atom. The van der Waals surface area contributed by atoms with Gasteiger partial charge in [-0.25, -0.2) is 8.42 Å². The molecule has 9 heteroatoms. The molecule has 0 saturated heterocycles. The van der Waals surface area contributed by atoms with Crippen molar-refractivity contribution < 1.29 is 12.9 Å². The maximum Gasteiger partial charge on any atom is 0.261 e. The molecule has 28 heavy (non-hydrogen) atoms. The van der Waals surface area contributed by atoms with E-state index >= 15 is 0 Å². The Hall–Kier alpha value is -2.42. The Morgan fingerprint density at radius 1 is 1.07 bits per heavy atom. The van der Waals surface area contributed by atoms with Gasteiger partial charge in [0.2, 0.25) is 0 Å². The van der Waals surface area contributed by atoms with Crippen LogP contribution in [-0.4, -0.2) is 18.6 Å². The molecule has 0 spiro atoms. The van der Waals surface area contributed by atoms with Gasteiger partial charge < -0.3 is 10.3 Å². The fourth-order valence-electron chi connectivity index (χ4n) is 2.94. The second-order valence-corrected chi connectivity index (χ2v) is 8.61. The van der Waals surface area contributed by atoms with Crippen molar-refractivity contribution in [2.45, 2.75) is 36.6 Å². The number of nitrogens with zero attached hydrogens (tertiary/aromatic N) is 2. The Morgan fingerprint density at radius 2 is 1.71 bits per heavy atom. The number of sulfonamides is 1. The zero-order valence-corrected chi connectivity index (χ0v) is 16.9. The third-order valence-electron chi connectivity index (χ3n) is 4.83. The summed E-state index contributed by atoms with van der Waals surface area (Å²) in [5.74, 6) is 0.832. The highest BCUT2D eigenvalue weighted by Crippen LogP contribution is 2.37. The van der Waals surface area contributed by atoms with Gasteiger partial charge >= 0.3 is 0 Å². The number of hydrogen-bond donors (Lipinski definition) is 2. The molecule has 4 rings (SSSR count). The van der Waals surface area contributed by atoms with Crippen LogP contribution >= 0.6 is 12.4 Å². The van der Waals surface area contributed by atoms with E-state index in [1.54, 1.807) is 24.3 Å². The van der Waals surface area contributed by atoms with Gasteiger partial charge in [0, 0.05) is 11.3 Å². The van der Waals surface area contributed by atoms with Gasteiger partial charge in [-0.15, -0.1) is 12.4 Å². The summed E-state index contributed by atoms with van der Waals surface area (Å²) in [4.78, 5) is 4.53. The van der Waals surface area contributed by atoms with E-state index in [2.05, 4.69) is 14.9 Å². The molecule has 148 valence electrons. The molecule has 0 unspecified atom stereocenters. The number of nitrogens with two attached hydrogens (primary N) is 1. The molecule has 2 aromatic carbocycles. The van der Waals surface area contributed by atoms with Gasteiger partial charge in [0.25, 0.3) is 15.9 Å². The van der Waals surface area contributed by atoms with Gasteiger partial charge in [0.1, 0.15) is 0 Å². The van der Waals surface area contributed by atoms with Crippen LogP contribution < -0.4 is 10.5 Å². The summed E-state index contributed by atoms with van der Waals surface area (Å²) in [6.45, 7) is 1.94. The van der Waals surface area contributed by atoms with Crippen LogP contribution in [0, 0.1) is 6.92 Å². The van der Waals surface area contributed by atoms with Crippen LogP contribution in [0.1, 0.15) is 30.7 Å². The molecule has 1 fully saturated rings. The van der Waals surface area contributed by atoms with E-state index in [1.165, 1.54) is 12.1 Å². The Balaban J connectivity index is 0.00000225. The monoisotopic (exact) mass is 420 g/mol. The average molecular weight is 421 g/mol. The van der Waals surface area contributed by atoms with E-state index in [0.29, 0.717) is 23.0 Å². The molecule has 3 aromatic rings.